The second-order valence-electron chi connectivity index (χ2n) is 15.0. The summed E-state index contributed by atoms with van der Waals surface area (Å²) in [5.74, 6) is 5.94. The summed E-state index contributed by atoms with van der Waals surface area (Å²) in [7, 11) is 0. The number of hydrogen-bond acceptors (Lipinski definition) is 6. The fraction of sp³-hybridized carbons (Fsp3) is 0.581. The third kappa shape index (κ3) is 12.9. The van der Waals surface area contributed by atoms with Gasteiger partial charge in [0.15, 0.2) is 0 Å². The van der Waals surface area contributed by atoms with Gasteiger partial charge < -0.3 is 29.9 Å². The molecule has 0 aliphatic rings. The van der Waals surface area contributed by atoms with Gasteiger partial charge in [0.05, 0.1) is 34.2 Å². The Hall–Kier alpha value is -4.74. The van der Waals surface area contributed by atoms with E-state index in [4.69, 9.17) is 15.0 Å². The molecule has 0 aromatic carbocycles. The van der Waals surface area contributed by atoms with Gasteiger partial charge >= 0.3 is 0 Å². The number of H-pyrrole nitrogens is 6. The Bertz CT molecular complexity index is 2000. The predicted molar refractivity (Wildman–Crippen MR) is 223 cm³/mol. The Morgan fingerprint density at radius 2 is 0.818 bits per heavy atom. The Kier molecular flexibility index (Phi) is 16.3. The van der Waals surface area contributed by atoms with Crippen LogP contribution in [0.3, 0.4) is 0 Å². The van der Waals surface area contributed by atoms with Crippen molar-refractivity contribution in [3.05, 3.63) is 103 Å². The van der Waals surface area contributed by atoms with E-state index in [9.17, 15) is 0 Å². The number of hydrogen-bond donors (Lipinski definition) is 6. The molecule has 6 aromatic heterocycles. The summed E-state index contributed by atoms with van der Waals surface area (Å²) in [6.45, 7) is 24.7. The number of aromatic nitrogens is 12. The molecule has 0 aliphatic carbocycles. The normalized spacial score (nSPS) is 11.1. The van der Waals surface area contributed by atoms with Crippen molar-refractivity contribution in [2.24, 2.45) is 0 Å². The minimum Gasteiger partial charge on any atom is -0.346 e. The van der Waals surface area contributed by atoms with Crippen LogP contribution in [0.25, 0.3) is 0 Å². The van der Waals surface area contributed by atoms with Crippen molar-refractivity contribution in [3.8, 4) is 0 Å². The van der Waals surface area contributed by atoms with Gasteiger partial charge in [0, 0.05) is 59.8 Å². The molecule has 0 unspecified atom stereocenters. The fourth-order valence-electron chi connectivity index (χ4n) is 7.10. The highest BCUT2D eigenvalue weighted by molar-refractivity contribution is 5.31. The van der Waals surface area contributed by atoms with Crippen molar-refractivity contribution in [3.63, 3.8) is 0 Å². The Labute approximate surface area is 328 Å². The first-order valence-corrected chi connectivity index (χ1v) is 20.5. The number of rotatable bonds is 16. The molecule has 6 rings (SSSR count). The molecule has 0 bridgehead atoms. The molecule has 300 valence electrons. The van der Waals surface area contributed by atoms with Crippen LogP contribution < -0.4 is 0 Å². The van der Waals surface area contributed by atoms with E-state index < -0.39 is 0 Å². The maximum atomic E-state index is 5.07. The smallest absolute Gasteiger partial charge is 0.106 e. The van der Waals surface area contributed by atoms with Crippen LogP contribution in [0.5, 0.6) is 0 Å². The molecule has 0 atom stereocenters. The van der Waals surface area contributed by atoms with Crippen LogP contribution in [0, 0.1) is 62.3 Å². The molecule has 0 radical (unpaired) electrons. The topological polar surface area (TPSA) is 172 Å². The molecule has 0 fully saturated rings. The van der Waals surface area contributed by atoms with Crippen molar-refractivity contribution in [2.45, 2.75) is 167 Å². The second kappa shape index (κ2) is 20.8. The fourth-order valence-corrected chi connectivity index (χ4v) is 7.10. The largest absolute Gasteiger partial charge is 0.346 e. The summed E-state index contributed by atoms with van der Waals surface area (Å²) in [5, 5.41) is 0. The minimum atomic E-state index is 0.712. The lowest BCUT2D eigenvalue weighted by Gasteiger charge is -2.04. The van der Waals surface area contributed by atoms with Gasteiger partial charge in [0.1, 0.15) is 34.9 Å². The highest BCUT2D eigenvalue weighted by Gasteiger charge is 2.19. The molecule has 55 heavy (non-hydrogen) atoms. The van der Waals surface area contributed by atoms with E-state index >= 15 is 0 Å². The van der Waals surface area contributed by atoms with E-state index in [2.05, 4.69) is 79.5 Å². The molecule has 0 saturated carbocycles. The van der Waals surface area contributed by atoms with E-state index in [1.54, 1.807) is 0 Å². The molecule has 6 heterocycles. The molecule has 0 amide bonds. The van der Waals surface area contributed by atoms with E-state index in [0.717, 1.165) is 118 Å². The Balaban J connectivity index is 0.000000303. The molecule has 12 heteroatoms. The lowest BCUT2D eigenvalue weighted by Crippen LogP contribution is -2.02. The molecule has 6 aromatic rings. The van der Waals surface area contributed by atoms with Gasteiger partial charge in [0.25, 0.3) is 0 Å². The third-order valence-electron chi connectivity index (χ3n) is 10.1. The summed E-state index contributed by atoms with van der Waals surface area (Å²) < 4.78 is 0. The molecule has 0 saturated heterocycles. The second-order valence-corrected chi connectivity index (χ2v) is 15.0. The van der Waals surface area contributed by atoms with Crippen LogP contribution in [0.1, 0.15) is 169 Å². The molecule has 0 aliphatic heterocycles. The van der Waals surface area contributed by atoms with Crippen LogP contribution >= 0.6 is 0 Å². The van der Waals surface area contributed by atoms with Crippen molar-refractivity contribution in [1.29, 1.82) is 0 Å². The van der Waals surface area contributed by atoms with Crippen LogP contribution in [-0.4, -0.2) is 59.8 Å². The first-order chi connectivity index (χ1) is 26.3. The lowest BCUT2D eigenvalue weighted by atomic mass is 10.1. The summed E-state index contributed by atoms with van der Waals surface area (Å²) >= 11 is 0. The zero-order valence-electron chi connectivity index (χ0n) is 35.9. The van der Waals surface area contributed by atoms with Gasteiger partial charge in [-0.05, 0) is 81.6 Å². The maximum Gasteiger partial charge on any atom is 0.106 e. The quantitative estimate of drug-likeness (QED) is 0.0538. The number of nitrogens with zero attached hydrogens (tertiary/aromatic N) is 6. The highest BCUT2D eigenvalue weighted by Crippen LogP contribution is 2.22. The Morgan fingerprint density at radius 3 is 1.31 bits per heavy atom. The van der Waals surface area contributed by atoms with Gasteiger partial charge in [-0.15, -0.1) is 0 Å². The van der Waals surface area contributed by atoms with Gasteiger partial charge in [0.2, 0.25) is 0 Å². The summed E-state index contributed by atoms with van der Waals surface area (Å²) in [6, 6.07) is 0. The van der Waals surface area contributed by atoms with E-state index in [0.29, 0.717) is 6.42 Å². The van der Waals surface area contributed by atoms with Crippen molar-refractivity contribution in [2.75, 3.05) is 0 Å². The van der Waals surface area contributed by atoms with E-state index in [1.165, 1.54) is 62.0 Å². The summed E-state index contributed by atoms with van der Waals surface area (Å²) in [4.78, 5) is 48.0. The van der Waals surface area contributed by atoms with E-state index in [1.807, 2.05) is 48.5 Å². The molecular weight excluding hydrogens is 685 g/mol. The number of unbranched alkanes of at least 4 members (excludes halogenated alkanes) is 6. The number of aromatic amines is 6. The first-order valence-electron chi connectivity index (χ1n) is 20.5. The first kappa shape index (κ1) is 43.0. The van der Waals surface area contributed by atoms with Gasteiger partial charge in [-0.3, -0.25) is 0 Å². The molecule has 12 nitrogen and oxygen atoms in total. The number of imidazole rings is 6. The van der Waals surface area contributed by atoms with Crippen LogP contribution in [-0.2, 0) is 38.5 Å². The number of aryl methyl sites for hydroxylation is 12. The van der Waals surface area contributed by atoms with Gasteiger partial charge in [-0.2, -0.15) is 0 Å². The standard InChI is InChI=1S/C29H44N8.C8H14N2.C6H10N2/c1-7-8-9-10-11-12-13-14-29-36-27(16-24-19(3)31-21(5)33-24)28(37-29)17-26-25(34-22(6)35-26)15-23-18(2)30-20(4)32-23;1-4-7-8(5-2)10-6(3)9-7;1-4-5(2)8-6(3)7-4/h7-17H2,1-6H3,(H,30,32)(H,31,33)(H,34,35)(H,36,37);4-5H2,1-3H3,(H,9,10);1-3H3,(H,7,8). The molecule has 6 N–H and O–H groups in total. The van der Waals surface area contributed by atoms with Crippen molar-refractivity contribution in [1.82, 2.24) is 59.8 Å². The average Bonchev–Trinajstić information content (AvgIpc) is 3.97. The zero-order valence-corrected chi connectivity index (χ0v) is 35.9. The SMILES string of the molecule is CCCCCCCCCc1nc(Cc2nc(C)[nH]c2C)c(Cc2nc(C)[nH]c2Cc2nc(C)[nH]c2C)[nH]1.CCc1nc(C)[nH]c1CC.Cc1nc(C)c(C)[nH]1. The summed E-state index contributed by atoms with van der Waals surface area (Å²) in [5.41, 5.74) is 13.5. The Morgan fingerprint density at radius 1 is 0.364 bits per heavy atom. The maximum absolute atomic E-state index is 5.07. The van der Waals surface area contributed by atoms with Crippen molar-refractivity contribution < 1.29 is 0 Å². The molecule has 0 spiro atoms. The molecular formula is C43H68N12. The predicted octanol–water partition coefficient (Wildman–Crippen LogP) is 9.36. The monoisotopic (exact) mass is 753 g/mol. The van der Waals surface area contributed by atoms with Gasteiger partial charge in [-0.1, -0.05) is 59.3 Å². The average molecular weight is 753 g/mol. The van der Waals surface area contributed by atoms with Gasteiger partial charge in [-0.25, -0.2) is 29.9 Å². The lowest BCUT2D eigenvalue weighted by molar-refractivity contribution is 0.585. The minimum absolute atomic E-state index is 0.712. The van der Waals surface area contributed by atoms with Crippen LogP contribution in [0.15, 0.2) is 0 Å². The summed E-state index contributed by atoms with van der Waals surface area (Å²) in [6.07, 6.45) is 14.3. The van der Waals surface area contributed by atoms with E-state index in [-0.39, 0.29) is 0 Å². The number of nitrogens with one attached hydrogen (secondary N) is 6. The van der Waals surface area contributed by atoms with Crippen LogP contribution in [0.2, 0.25) is 0 Å². The zero-order chi connectivity index (χ0) is 40.1. The highest BCUT2D eigenvalue weighted by atomic mass is 15.0. The van der Waals surface area contributed by atoms with Crippen molar-refractivity contribution >= 4 is 0 Å². The third-order valence-corrected chi connectivity index (χ3v) is 10.1. The van der Waals surface area contributed by atoms with Crippen LogP contribution in [0.4, 0.5) is 0 Å².